The Labute approximate surface area is 140 Å². The van der Waals surface area contributed by atoms with Gasteiger partial charge in [-0.1, -0.05) is 25.8 Å². The number of carbonyl (C=O) groups excluding carboxylic acids is 1. The second-order valence-corrected chi connectivity index (χ2v) is 8.27. The Morgan fingerprint density at radius 1 is 1.48 bits per heavy atom. The first-order chi connectivity index (χ1) is 9.61. The predicted molar refractivity (Wildman–Crippen MR) is 85.2 cm³/mol. The molecular weight excluding hydrogens is 410 g/mol. The zero-order valence-corrected chi connectivity index (χ0v) is 15.0. The molecule has 4 atom stereocenters. The molecule has 0 aromatic heterocycles. The van der Waals surface area contributed by atoms with E-state index in [2.05, 4.69) is 31.9 Å². The number of carbonyl (C=O) groups is 1. The summed E-state index contributed by atoms with van der Waals surface area (Å²) in [5.74, 6) is 0.0232. The fraction of sp³-hybridized carbons (Fsp3) is 0.533. The number of terminal acetylenes is 1. The summed E-state index contributed by atoms with van der Waals surface area (Å²) >= 11 is 6.48. The summed E-state index contributed by atoms with van der Waals surface area (Å²) in [6.45, 7) is 4.97. The van der Waals surface area contributed by atoms with E-state index in [9.17, 15) is 13.6 Å². The molecule has 0 aliphatic heterocycles. The lowest BCUT2D eigenvalue weighted by Crippen LogP contribution is -2.20. The number of esters is 1. The Bertz CT molecular complexity index is 514. The topological polar surface area (TPSA) is 26.3 Å². The van der Waals surface area contributed by atoms with Crippen LogP contribution in [0.1, 0.15) is 20.8 Å². The highest BCUT2D eigenvalue weighted by Gasteiger charge is 2.61. The summed E-state index contributed by atoms with van der Waals surface area (Å²) < 4.78 is 32.1. The third kappa shape index (κ3) is 4.65. The van der Waals surface area contributed by atoms with Crippen LogP contribution in [0, 0.1) is 29.6 Å². The van der Waals surface area contributed by atoms with Crippen molar-refractivity contribution in [2.45, 2.75) is 33.0 Å². The third-order valence-electron chi connectivity index (χ3n) is 3.49. The van der Waals surface area contributed by atoms with E-state index in [0.717, 1.165) is 10.3 Å². The molecule has 0 N–H and O–H groups in total. The molecule has 1 aliphatic rings. The maximum Gasteiger partial charge on any atom is 0.311 e. The molecule has 2 nitrogen and oxygen atoms in total. The van der Waals surface area contributed by atoms with Crippen molar-refractivity contribution in [1.29, 1.82) is 0 Å². The molecule has 0 bridgehead atoms. The van der Waals surface area contributed by atoms with Crippen LogP contribution >= 0.6 is 31.9 Å². The van der Waals surface area contributed by atoms with Gasteiger partial charge in [0, 0.05) is 0 Å². The average Bonchev–Trinajstić information content (AvgIpc) is 2.85. The first-order valence-corrected chi connectivity index (χ1v) is 7.90. The molecule has 1 fully saturated rings. The number of halogens is 4. The van der Waals surface area contributed by atoms with E-state index in [0.29, 0.717) is 6.08 Å². The van der Waals surface area contributed by atoms with Crippen LogP contribution in [0.25, 0.3) is 0 Å². The zero-order chi connectivity index (χ0) is 16.4. The summed E-state index contributed by atoms with van der Waals surface area (Å²) in [5.41, 5.74) is -0.295. The van der Waals surface area contributed by atoms with Gasteiger partial charge in [0.2, 0.25) is 6.10 Å². The van der Waals surface area contributed by atoms with Crippen molar-refractivity contribution in [2.75, 3.05) is 0 Å². The van der Waals surface area contributed by atoms with Crippen molar-refractivity contribution in [2.24, 2.45) is 17.3 Å². The van der Waals surface area contributed by atoms with E-state index in [-0.39, 0.29) is 11.3 Å². The molecule has 0 radical (unpaired) electrons. The molecule has 116 valence electrons. The maximum absolute atomic E-state index is 13.6. The Hall–Kier alpha value is -0.670. The van der Waals surface area contributed by atoms with Crippen molar-refractivity contribution in [3.63, 3.8) is 0 Å². The Morgan fingerprint density at radius 3 is 2.48 bits per heavy atom. The molecule has 0 saturated heterocycles. The van der Waals surface area contributed by atoms with Gasteiger partial charge in [0.1, 0.15) is 6.17 Å². The van der Waals surface area contributed by atoms with Gasteiger partial charge in [0.15, 0.2) is 5.83 Å². The van der Waals surface area contributed by atoms with Gasteiger partial charge in [0.25, 0.3) is 0 Å². The van der Waals surface area contributed by atoms with Gasteiger partial charge < -0.3 is 4.74 Å². The summed E-state index contributed by atoms with van der Waals surface area (Å²) in [5, 5.41) is 0. The smallest absolute Gasteiger partial charge is 0.311 e. The molecule has 0 amide bonds. The lowest BCUT2D eigenvalue weighted by molar-refractivity contribution is -0.148. The van der Waals surface area contributed by atoms with Crippen molar-refractivity contribution in [1.82, 2.24) is 0 Å². The molecular formula is C15H16Br2F2O2. The zero-order valence-electron chi connectivity index (χ0n) is 11.9. The van der Waals surface area contributed by atoms with E-state index < -0.39 is 30.0 Å². The Kier molecular flexibility index (Phi) is 6.18. The average molecular weight is 426 g/mol. The SMILES string of the molecule is C#CC(OC(=O)C1C(C=C(Br)Br)C1(C)C)/C(F)=C/C(C)F. The highest BCUT2D eigenvalue weighted by Crippen LogP contribution is 2.60. The van der Waals surface area contributed by atoms with E-state index in [4.69, 9.17) is 11.2 Å². The van der Waals surface area contributed by atoms with Crippen LogP contribution in [0.5, 0.6) is 0 Å². The van der Waals surface area contributed by atoms with Gasteiger partial charge in [-0.3, -0.25) is 4.79 Å². The second kappa shape index (κ2) is 7.06. The maximum atomic E-state index is 13.6. The molecule has 0 spiro atoms. The molecule has 1 rings (SSSR count). The standard InChI is InChI=1S/C15H16Br2F2O2/c1-5-11(10(19)6-8(2)18)21-14(20)13-9(7-12(16)17)15(13,3)4/h1,6-9,11,13H,2-4H3/b10-6-. The summed E-state index contributed by atoms with van der Waals surface area (Å²) in [4.78, 5) is 12.1. The number of ether oxygens (including phenoxy) is 1. The fourth-order valence-corrected chi connectivity index (χ4v) is 2.81. The van der Waals surface area contributed by atoms with Gasteiger partial charge in [-0.25, -0.2) is 8.78 Å². The number of alkyl halides is 1. The van der Waals surface area contributed by atoms with E-state index in [1.165, 1.54) is 0 Å². The van der Waals surface area contributed by atoms with Gasteiger partial charge in [-0.15, -0.1) is 6.42 Å². The number of rotatable bonds is 5. The third-order valence-corrected chi connectivity index (χ3v) is 4.02. The van der Waals surface area contributed by atoms with E-state index in [1.54, 1.807) is 0 Å². The molecule has 4 unspecified atom stereocenters. The lowest BCUT2D eigenvalue weighted by Gasteiger charge is -2.11. The monoisotopic (exact) mass is 424 g/mol. The Morgan fingerprint density at radius 2 is 2.05 bits per heavy atom. The van der Waals surface area contributed by atoms with Gasteiger partial charge in [-0.05, 0) is 56.2 Å². The largest absolute Gasteiger partial charge is 0.441 e. The van der Waals surface area contributed by atoms with Crippen LogP contribution in [-0.4, -0.2) is 18.2 Å². The highest BCUT2D eigenvalue weighted by molar-refractivity contribution is 9.28. The van der Waals surface area contributed by atoms with Crippen LogP contribution < -0.4 is 0 Å². The molecule has 1 saturated carbocycles. The van der Waals surface area contributed by atoms with Gasteiger partial charge >= 0.3 is 5.97 Å². The summed E-state index contributed by atoms with van der Waals surface area (Å²) in [7, 11) is 0. The predicted octanol–water partition coefficient (Wildman–Crippen LogP) is 4.65. The van der Waals surface area contributed by atoms with Crippen molar-refractivity contribution in [3.05, 3.63) is 21.4 Å². The van der Waals surface area contributed by atoms with Crippen molar-refractivity contribution >= 4 is 37.8 Å². The minimum atomic E-state index is -1.50. The molecule has 0 heterocycles. The first kappa shape index (κ1) is 18.4. The first-order valence-electron chi connectivity index (χ1n) is 6.32. The fourth-order valence-electron chi connectivity index (χ4n) is 2.24. The normalized spacial score (nSPS) is 26.3. The van der Waals surface area contributed by atoms with Gasteiger partial charge in [0.05, 0.1) is 9.31 Å². The number of hydrogen-bond donors (Lipinski definition) is 0. The van der Waals surface area contributed by atoms with Crippen LogP contribution in [0.4, 0.5) is 8.78 Å². The Balaban J connectivity index is 2.78. The summed E-state index contributed by atoms with van der Waals surface area (Å²) in [6, 6.07) is 0. The van der Waals surface area contributed by atoms with E-state index >= 15 is 0 Å². The molecule has 1 aliphatic carbocycles. The minimum absolute atomic E-state index is 0.0377. The van der Waals surface area contributed by atoms with Crippen molar-refractivity contribution < 1.29 is 18.3 Å². The number of hydrogen-bond acceptors (Lipinski definition) is 2. The molecule has 0 aromatic carbocycles. The molecule has 0 aromatic rings. The second-order valence-electron chi connectivity index (χ2n) is 5.49. The lowest BCUT2D eigenvalue weighted by atomic mass is 10.1. The quantitative estimate of drug-likeness (QED) is 0.473. The van der Waals surface area contributed by atoms with E-state index in [1.807, 2.05) is 25.8 Å². The highest BCUT2D eigenvalue weighted by atomic mass is 79.9. The molecule has 21 heavy (non-hydrogen) atoms. The number of allylic oxidation sites excluding steroid dienone is 2. The summed E-state index contributed by atoms with van der Waals surface area (Å²) in [6.07, 6.45) is 4.70. The van der Waals surface area contributed by atoms with Crippen LogP contribution in [-0.2, 0) is 9.53 Å². The van der Waals surface area contributed by atoms with Gasteiger partial charge in [-0.2, -0.15) is 0 Å². The van der Waals surface area contributed by atoms with Crippen molar-refractivity contribution in [3.8, 4) is 12.3 Å². The van der Waals surface area contributed by atoms with Crippen LogP contribution in [0.2, 0.25) is 0 Å². The molecule has 6 heteroatoms. The van der Waals surface area contributed by atoms with Crippen LogP contribution in [0.15, 0.2) is 21.4 Å². The van der Waals surface area contributed by atoms with Crippen LogP contribution in [0.3, 0.4) is 0 Å². The minimum Gasteiger partial charge on any atom is -0.441 e.